The Balaban J connectivity index is 2.18. The molecule has 0 aliphatic rings. The minimum atomic E-state index is 0.425. The molecule has 0 spiro atoms. The zero-order valence-electron chi connectivity index (χ0n) is 12.1. The highest BCUT2D eigenvalue weighted by Gasteiger charge is 2.08. The van der Waals surface area contributed by atoms with Gasteiger partial charge in [0.2, 0.25) is 0 Å². The number of benzene rings is 1. The topological polar surface area (TPSA) is 47.1 Å². The standard InChI is InChI=1S/C15H20N4S/c1-4-12-9-14(19(3)17-12)10-18(2)13-7-5-6-11(8-13)15(16)20/h5-9H,4,10H2,1-3H3,(H2,16,20). The first kappa shape index (κ1) is 14.5. The van der Waals surface area contributed by atoms with E-state index < -0.39 is 0 Å². The first-order chi connectivity index (χ1) is 9.51. The Morgan fingerprint density at radius 2 is 2.15 bits per heavy atom. The Morgan fingerprint density at radius 3 is 2.75 bits per heavy atom. The number of hydrogen-bond donors (Lipinski definition) is 1. The molecule has 0 atom stereocenters. The van der Waals surface area contributed by atoms with Crippen molar-refractivity contribution in [2.24, 2.45) is 12.8 Å². The van der Waals surface area contributed by atoms with Gasteiger partial charge in [-0.15, -0.1) is 0 Å². The van der Waals surface area contributed by atoms with Crippen molar-refractivity contribution in [2.75, 3.05) is 11.9 Å². The minimum absolute atomic E-state index is 0.425. The molecule has 5 heteroatoms. The maximum absolute atomic E-state index is 5.68. The molecule has 2 N–H and O–H groups in total. The third kappa shape index (κ3) is 3.17. The van der Waals surface area contributed by atoms with Crippen LogP contribution in [0.5, 0.6) is 0 Å². The van der Waals surface area contributed by atoms with Gasteiger partial charge in [0.05, 0.1) is 17.9 Å². The van der Waals surface area contributed by atoms with Crippen LogP contribution < -0.4 is 10.6 Å². The van der Waals surface area contributed by atoms with Crippen molar-refractivity contribution in [3.8, 4) is 0 Å². The summed E-state index contributed by atoms with van der Waals surface area (Å²) in [7, 11) is 4.03. The summed E-state index contributed by atoms with van der Waals surface area (Å²) in [4.78, 5) is 2.59. The number of hydrogen-bond acceptors (Lipinski definition) is 3. The van der Waals surface area contributed by atoms with Crippen LogP contribution in [0.1, 0.15) is 23.9 Å². The molecule has 0 radical (unpaired) electrons. The molecule has 0 amide bonds. The third-order valence-electron chi connectivity index (χ3n) is 3.36. The highest BCUT2D eigenvalue weighted by molar-refractivity contribution is 7.80. The van der Waals surface area contributed by atoms with Crippen LogP contribution >= 0.6 is 12.2 Å². The lowest BCUT2D eigenvalue weighted by molar-refractivity contribution is 0.689. The zero-order valence-corrected chi connectivity index (χ0v) is 12.9. The van der Waals surface area contributed by atoms with Gasteiger partial charge in [0.1, 0.15) is 4.99 Å². The molecule has 0 saturated carbocycles. The molecule has 0 unspecified atom stereocenters. The maximum Gasteiger partial charge on any atom is 0.104 e. The summed E-state index contributed by atoms with van der Waals surface area (Å²) in [5, 5.41) is 4.47. The van der Waals surface area contributed by atoms with Gasteiger partial charge in [0, 0.05) is 25.3 Å². The lowest BCUT2D eigenvalue weighted by Crippen LogP contribution is -2.19. The highest BCUT2D eigenvalue weighted by Crippen LogP contribution is 2.17. The predicted octanol–water partition coefficient (Wildman–Crippen LogP) is 2.25. The van der Waals surface area contributed by atoms with E-state index in [4.69, 9.17) is 18.0 Å². The van der Waals surface area contributed by atoms with Crippen LogP contribution in [0.4, 0.5) is 5.69 Å². The van der Waals surface area contributed by atoms with Crippen molar-refractivity contribution < 1.29 is 0 Å². The first-order valence-electron chi connectivity index (χ1n) is 6.64. The van der Waals surface area contributed by atoms with Gasteiger partial charge in [-0.1, -0.05) is 31.3 Å². The Morgan fingerprint density at radius 1 is 1.40 bits per heavy atom. The SMILES string of the molecule is CCc1cc(CN(C)c2cccc(C(N)=S)c2)n(C)n1. The molecule has 2 rings (SSSR count). The van der Waals surface area contributed by atoms with Crippen molar-refractivity contribution in [3.63, 3.8) is 0 Å². The van der Waals surface area contributed by atoms with Gasteiger partial charge in [0.25, 0.3) is 0 Å². The van der Waals surface area contributed by atoms with E-state index in [1.807, 2.05) is 29.9 Å². The molecule has 1 heterocycles. The van der Waals surface area contributed by atoms with E-state index in [0.29, 0.717) is 4.99 Å². The number of aromatic nitrogens is 2. The maximum atomic E-state index is 5.68. The average Bonchev–Trinajstić information content (AvgIpc) is 2.79. The van der Waals surface area contributed by atoms with Crippen LogP contribution in [0.3, 0.4) is 0 Å². The zero-order chi connectivity index (χ0) is 14.7. The van der Waals surface area contributed by atoms with Crippen LogP contribution in [0, 0.1) is 0 Å². The van der Waals surface area contributed by atoms with Gasteiger partial charge >= 0.3 is 0 Å². The van der Waals surface area contributed by atoms with Gasteiger partial charge in [-0.3, -0.25) is 4.68 Å². The van der Waals surface area contributed by atoms with Gasteiger partial charge in [-0.2, -0.15) is 5.10 Å². The van der Waals surface area contributed by atoms with Crippen molar-refractivity contribution >= 4 is 22.9 Å². The minimum Gasteiger partial charge on any atom is -0.389 e. The Bertz CT molecular complexity index is 618. The van der Waals surface area contributed by atoms with Crippen LogP contribution in [-0.4, -0.2) is 21.8 Å². The summed E-state index contributed by atoms with van der Waals surface area (Å²) >= 11 is 5.02. The molecule has 0 fully saturated rings. The molecule has 0 bridgehead atoms. The normalized spacial score (nSPS) is 10.6. The number of rotatable bonds is 5. The van der Waals surface area contributed by atoms with E-state index >= 15 is 0 Å². The average molecular weight is 288 g/mol. The lowest BCUT2D eigenvalue weighted by atomic mass is 10.2. The number of nitrogens with zero attached hydrogens (tertiary/aromatic N) is 3. The fourth-order valence-electron chi connectivity index (χ4n) is 2.12. The van der Waals surface area contributed by atoms with Gasteiger partial charge in [-0.05, 0) is 24.6 Å². The fourth-order valence-corrected chi connectivity index (χ4v) is 2.25. The predicted molar refractivity (Wildman–Crippen MR) is 87.0 cm³/mol. The largest absolute Gasteiger partial charge is 0.389 e. The number of thiocarbonyl (C=S) groups is 1. The summed E-state index contributed by atoms with van der Waals surface area (Å²) in [6, 6.07) is 10.1. The van der Waals surface area contributed by atoms with Crippen LogP contribution in [0.2, 0.25) is 0 Å². The third-order valence-corrected chi connectivity index (χ3v) is 3.60. The monoisotopic (exact) mass is 288 g/mol. The molecule has 1 aromatic heterocycles. The quantitative estimate of drug-likeness (QED) is 0.857. The van der Waals surface area contributed by atoms with Crippen molar-refractivity contribution in [3.05, 3.63) is 47.3 Å². The Kier molecular flexibility index (Phi) is 4.39. The fraction of sp³-hybridized carbons (Fsp3) is 0.333. The summed E-state index contributed by atoms with van der Waals surface area (Å²) < 4.78 is 1.94. The molecule has 20 heavy (non-hydrogen) atoms. The highest BCUT2D eigenvalue weighted by atomic mass is 32.1. The van der Waals surface area contributed by atoms with E-state index in [0.717, 1.165) is 29.9 Å². The molecule has 106 valence electrons. The second-order valence-electron chi connectivity index (χ2n) is 4.87. The molecule has 4 nitrogen and oxygen atoms in total. The van der Waals surface area contributed by atoms with Gasteiger partial charge in [0.15, 0.2) is 0 Å². The lowest BCUT2D eigenvalue weighted by Gasteiger charge is -2.20. The Labute approximate surface area is 125 Å². The molecular weight excluding hydrogens is 268 g/mol. The first-order valence-corrected chi connectivity index (χ1v) is 7.05. The smallest absolute Gasteiger partial charge is 0.104 e. The molecule has 0 saturated heterocycles. The summed E-state index contributed by atoms with van der Waals surface area (Å²) in [5.74, 6) is 0. The molecular formula is C15H20N4S. The van der Waals surface area contributed by atoms with Crippen molar-refractivity contribution in [2.45, 2.75) is 19.9 Å². The second-order valence-corrected chi connectivity index (χ2v) is 5.31. The molecule has 1 aromatic carbocycles. The van der Waals surface area contributed by atoms with Gasteiger partial charge < -0.3 is 10.6 Å². The van der Waals surface area contributed by atoms with Crippen LogP contribution in [-0.2, 0) is 20.0 Å². The van der Waals surface area contributed by atoms with Crippen LogP contribution in [0.15, 0.2) is 30.3 Å². The van der Waals surface area contributed by atoms with Crippen molar-refractivity contribution in [1.29, 1.82) is 0 Å². The van der Waals surface area contributed by atoms with E-state index in [1.165, 1.54) is 5.69 Å². The summed E-state index contributed by atoms with van der Waals surface area (Å²) in [5.41, 5.74) is 9.97. The van der Waals surface area contributed by atoms with Crippen LogP contribution in [0.25, 0.3) is 0 Å². The Hall–Kier alpha value is -1.88. The van der Waals surface area contributed by atoms with E-state index in [-0.39, 0.29) is 0 Å². The summed E-state index contributed by atoms with van der Waals surface area (Å²) in [6.07, 6.45) is 0.953. The number of anilines is 1. The molecule has 0 aliphatic heterocycles. The van der Waals surface area contributed by atoms with E-state index in [1.54, 1.807) is 0 Å². The van der Waals surface area contributed by atoms with Gasteiger partial charge in [-0.25, -0.2) is 0 Å². The van der Waals surface area contributed by atoms with E-state index in [9.17, 15) is 0 Å². The number of aryl methyl sites for hydroxylation is 2. The number of nitrogens with two attached hydrogens (primary N) is 1. The van der Waals surface area contributed by atoms with E-state index in [2.05, 4.69) is 36.1 Å². The summed E-state index contributed by atoms with van der Waals surface area (Å²) in [6.45, 7) is 2.91. The second kappa shape index (κ2) is 6.05. The molecule has 2 aromatic rings. The van der Waals surface area contributed by atoms with Crippen molar-refractivity contribution in [1.82, 2.24) is 9.78 Å². The molecule has 0 aliphatic carbocycles.